The van der Waals surface area contributed by atoms with Crippen molar-refractivity contribution in [3.63, 3.8) is 0 Å². The Morgan fingerprint density at radius 3 is 2.68 bits per heavy atom. The third kappa shape index (κ3) is 3.59. The number of hydrogen-bond donors (Lipinski definition) is 1. The number of hydrogen-bond acceptors (Lipinski definition) is 3. The van der Waals surface area contributed by atoms with Crippen LogP contribution in [0.2, 0.25) is 0 Å². The van der Waals surface area contributed by atoms with Gasteiger partial charge in [-0.15, -0.1) is 0 Å². The van der Waals surface area contributed by atoms with E-state index in [9.17, 15) is 9.59 Å². The van der Waals surface area contributed by atoms with Crippen molar-refractivity contribution in [1.29, 1.82) is 0 Å². The van der Waals surface area contributed by atoms with Crippen LogP contribution in [-0.4, -0.2) is 40.6 Å². The molecule has 1 fully saturated rings. The first-order valence-corrected chi connectivity index (χ1v) is 7.70. The molecule has 1 aliphatic rings. The van der Waals surface area contributed by atoms with E-state index in [2.05, 4.69) is 13.8 Å². The van der Waals surface area contributed by atoms with Crippen LogP contribution in [0.3, 0.4) is 0 Å². The van der Waals surface area contributed by atoms with E-state index in [1.165, 1.54) is 4.90 Å². The number of likely N-dealkylation sites (tertiary alicyclic amines) is 1. The third-order valence-electron chi connectivity index (χ3n) is 4.01. The fraction of sp³-hybridized carbons (Fsp3) is 0.529. The van der Waals surface area contributed by atoms with Crippen LogP contribution in [0, 0.1) is 0 Å². The Kier molecular flexibility index (Phi) is 5.06. The van der Waals surface area contributed by atoms with Crippen molar-refractivity contribution in [2.75, 3.05) is 6.54 Å². The van der Waals surface area contributed by atoms with Crippen molar-refractivity contribution in [3.05, 3.63) is 29.8 Å². The van der Waals surface area contributed by atoms with Gasteiger partial charge >= 0.3 is 5.97 Å². The number of carbonyl (C=O) groups excluding carboxylic acids is 1. The van der Waals surface area contributed by atoms with Crippen molar-refractivity contribution < 1.29 is 19.4 Å². The fourth-order valence-corrected chi connectivity index (χ4v) is 2.72. The SMILES string of the molecule is CC(Oc1cccc(C(C)C)c1)C(=O)N1CCCC1C(=O)O. The molecule has 1 heterocycles. The van der Waals surface area contributed by atoms with Crippen LogP contribution in [0.1, 0.15) is 45.1 Å². The standard InChI is InChI=1S/C17H23NO4/c1-11(2)13-6-4-7-14(10-13)22-12(3)16(19)18-9-5-8-15(18)17(20)21/h4,6-7,10-12,15H,5,8-9H2,1-3H3,(H,20,21). The van der Waals surface area contributed by atoms with Gasteiger partial charge in [0.1, 0.15) is 11.8 Å². The van der Waals surface area contributed by atoms with Gasteiger partial charge in [-0.1, -0.05) is 26.0 Å². The van der Waals surface area contributed by atoms with Crippen LogP contribution in [-0.2, 0) is 9.59 Å². The molecular weight excluding hydrogens is 282 g/mol. The highest BCUT2D eigenvalue weighted by molar-refractivity contribution is 5.87. The smallest absolute Gasteiger partial charge is 0.326 e. The molecule has 1 aliphatic heterocycles. The Morgan fingerprint density at radius 2 is 2.05 bits per heavy atom. The molecular formula is C17H23NO4. The highest BCUT2D eigenvalue weighted by atomic mass is 16.5. The van der Waals surface area contributed by atoms with Gasteiger partial charge in [0, 0.05) is 6.54 Å². The molecule has 0 aliphatic carbocycles. The van der Waals surface area contributed by atoms with Gasteiger partial charge in [0.05, 0.1) is 0 Å². The number of amides is 1. The zero-order valence-electron chi connectivity index (χ0n) is 13.3. The molecule has 5 heteroatoms. The number of aliphatic carboxylic acids is 1. The first-order chi connectivity index (χ1) is 10.4. The molecule has 1 aromatic rings. The normalized spacial score (nSPS) is 19.3. The Labute approximate surface area is 130 Å². The summed E-state index contributed by atoms with van der Waals surface area (Å²) in [5, 5.41) is 9.17. The summed E-state index contributed by atoms with van der Waals surface area (Å²) in [5.74, 6) is -0.192. The topological polar surface area (TPSA) is 66.8 Å². The van der Waals surface area contributed by atoms with Crippen molar-refractivity contribution in [3.8, 4) is 5.75 Å². The minimum absolute atomic E-state index is 0.264. The first kappa shape index (κ1) is 16.3. The van der Waals surface area contributed by atoms with E-state index in [0.717, 1.165) is 12.0 Å². The quantitative estimate of drug-likeness (QED) is 0.908. The highest BCUT2D eigenvalue weighted by Gasteiger charge is 2.36. The van der Waals surface area contributed by atoms with Gasteiger partial charge in [0.2, 0.25) is 0 Å². The molecule has 1 saturated heterocycles. The number of rotatable bonds is 5. The molecule has 22 heavy (non-hydrogen) atoms. The molecule has 0 aromatic heterocycles. The van der Waals surface area contributed by atoms with Crippen LogP contribution in [0.4, 0.5) is 0 Å². The second kappa shape index (κ2) is 6.81. The molecule has 120 valence electrons. The number of carboxylic acid groups (broad SMARTS) is 1. The zero-order valence-corrected chi connectivity index (χ0v) is 13.3. The van der Waals surface area contributed by atoms with E-state index < -0.39 is 18.1 Å². The molecule has 0 radical (unpaired) electrons. The summed E-state index contributed by atoms with van der Waals surface area (Å²) < 4.78 is 5.72. The summed E-state index contributed by atoms with van der Waals surface area (Å²) in [7, 11) is 0. The maximum Gasteiger partial charge on any atom is 0.326 e. The summed E-state index contributed by atoms with van der Waals surface area (Å²) in [4.78, 5) is 25.0. The number of carbonyl (C=O) groups is 2. The Morgan fingerprint density at radius 1 is 1.32 bits per heavy atom. The summed E-state index contributed by atoms with van der Waals surface area (Å²) in [6, 6.07) is 6.94. The van der Waals surface area contributed by atoms with Gasteiger partial charge in [0.25, 0.3) is 5.91 Å². The summed E-state index contributed by atoms with van der Waals surface area (Å²) in [6.07, 6.45) is 0.539. The number of carboxylic acids is 1. The van der Waals surface area contributed by atoms with Crippen LogP contribution in [0.25, 0.3) is 0 Å². The monoisotopic (exact) mass is 305 g/mol. The summed E-state index contributed by atoms with van der Waals surface area (Å²) >= 11 is 0. The first-order valence-electron chi connectivity index (χ1n) is 7.70. The number of benzene rings is 1. The van der Waals surface area contributed by atoms with E-state index in [0.29, 0.717) is 24.6 Å². The molecule has 5 nitrogen and oxygen atoms in total. The highest BCUT2D eigenvalue weighted by Crippen LogP contribution is 2.23. The Bertz CT molecular complexity index is 555. The van der Waals surface area contributed by atoms with Gasteiger partial charge in [-0.3, -0.25) is 4.79 Å². The van der Waals surface area contributed by atoms with Crippen LogP contribution in [0.15, 0.2) is 24.3 Å². The third-order valence-corrected chi connectivity index (χ3v) is 4.01. The fourth-order valence-electron chi connectivity index (χ4n) is 2.72. The molecule has 2 unspecified atom stereocenters. The largest absolute Gasteiger partial charge is 0.481 e. The van der Waals surface area contributed by atoms with E-state index in [1.807, 2.05) is 24.3 Å². The predicted octanol–water partition coefficient (Wildman–Crippen LogP) is 2.65. The molecule has 1 amide bonds. The Balaban J connectivity index is 2.05. The minimum atomic E-state index is -0.945. The van der Waals surface area contributed by atoms with Crippen molar-refractivity contribution in [2.45, 2.75) is 51.7 Å². The summed E-state index contributed by atoms with van der Waals surface area (Å²) in [5.41, 5.74) is 1.14. The molecule has 1 aromatic carbocycles. The van der Waals surface area contributed by atoms with Crippen molar-refractivity contribution >= 4 is 11.9 Å². The Hall–Kier alpha value is -2.04. The van der Waals surface area contributed by atoms with Gasteiger partial charge in [0.15, 0.2) is 6.10 Å². The van der Waals surface area contributed by atoms with Crippen molar-refractivity contribution in [1.82, 2.24) is 4.90 Å². The van der Waals surface area contributed by atoms with Gasteiger partial charge < -0.3 is 14.7 Å². The van der Waals surface area contributed by atoms with Crippen LogP contribution >= 0.6 is 0 Å². The maximum atomic E-state index is 12.4. The minimum Gasteiger partial charge on any atom is -0.481 e. The lowest BCUT2D eigenvalue weighted by Gasteiger charge is -2.25. The van der Waals surface area contributed by atoms with Crippen LogP contribution < -0.4 is 4.74 Å². The van der Waals surface area contributed by atoms with E-state index in [4.69, 9.17) is 9.84 Å². The zero-order chi connectivity index (χ0) is 16.3. The average molecular weight is 305 g/mol. The lowest BCUT2D eigenvalue weighted by molar-refractivity contribution is -0.150. The molecule has 0 spiro atoms. The molecule has 1 N–H and O–H groups in total. The predicted molar refractivity (Wildman–Crippen MR) is 83.0 cm³/mol. The lowest BCUT2D eigenvalue weighted by Crippen LogP contribution is -2.46. The average Bonchev–Trinajstić information content (AvgIpc) is 2.96. The van der Waals surface area contributed by atoms with Gasteiger partial charge in [-0.05, 0) is 43.4 Å². The van der Waals surface area contributed by atoms with E-state index >= 15 is 0 Å². The van der Waals surface area contributed by atoms with E-state index in [1.54, 1.807) is 6.92 Å². The maximum absolute atomic E-state index is 12.4. The molecule has 2 rings (SSSR count). The second-order valence-electron chi connectivity index (χ2n) is 6.02. The van der Waals surface area contributed by atoms with Gasteiger partial charge in [-0.25, -0.2) is 4.79 Å². The number of ether oxygens (including phenoxy) is 1. The van der Waals surface area contributed by atoms with Gasteiger partial charge in [-0.2, -0.15) is 0 Å². The van der Waals surface area contributed by atoms with Crippen molar-refractivity contribution in [2.24, 2.45) is 0 Å². The molecule has 0 bridgehead atoms. The van der Waals surface area contributed by atoms with E-state index in [-0.39, 0.29) is 5.91 Å². The second-order valence-corrected chi connectivity index (χ2v) is 6.02. The summed E-state index contributed by atoms with van der Waals surface area (Å²) in [6.45, 7) is 6.34. The number of nitrogens with zero attached hydrogens (tertiary/aromatic N) is 1. The van der Waals surface area contributed by atoms with Crippen LogP contribution in [0.5, 0.6) is 5.75 Å². The molecule has 2 atom stereocenters. The lowest BCUT2D eigenvalue weighted by atomic mass is 10.0. The molecule has 0 saturated carbocycles.